The Morgan fingerprint density at radius 1 is 1.20 bits per heavy atom. The topological polar surface area (TPSA) is 45.7 Å². The first-order valence-corrected chi connectivity index (χ1v) is 8.94. The molecule has 4 heteroatoms. The van der Waals surface area contributed by atoms with Crippen molar-refractivity contribution >= 4 is 5.96 Å². The lowest BCUT2D eigenvalue weighted by Crippen LogP contribution is -2.41. The predicted octanol–water partition coefficient (Wildman–Crippen LogP) is 3.40. The van der Waals surface area contributed by atoms with E-state index in [4.69, 9.17) is 9.73 Å². The molecule has 132 valence electrons. The minimum Gasteiger partial charge on any atom is -0.496 e. The number of fused-ring (bicyclic) bond motifs is 1. The van der Waals surface area contributed by atoms with E-state index in [2.05, 4.69) is 66.9 Å². The monoisotopic (exact) mass is 337 g/mol. The van der Waals surface area contributed by atoms with Crippen LogP contribution in [0.25, 0.3) is 0 Å². The average molecular weight is 337 g/mol. The predicted molar refractivity (Wildman–Crippen MR) is 103 cm³/mol. The van der Waals surface area contributed by atoms with Crippen LogP contribution in [0.2, 0.25) is 0 Å². The lowest BCUT2D eigenvalue weighted by Gasteiger charge is -2.30. The van der Waals surface area contributed by atoms with Crippen LogP contribution in [0, 0.1) is 6.92 Å². The summed E-state index contributed by atoms with van der Waals surface area (Å²) in [5, 5.41) is 6.81. The Morgan fingerprint density at radius 3 is 2.80 bits per heavy atom. The van der Waals surface area contributed by atoms with Gasteiger partial charge >= 0.3 is 0 Å². The maximum Gasteiger partial charge on any atom is 0.191 e. The fourth-order valence-corrected chi connectivity index (χ4v) is 3.25. The molecule has 0 heterocycles. The molecule has 0 saturated heterocycles. The van der Waals surface area contributed by atoms with Gasteiger partial charge in [-0.05, 0) is 43.0 Å². The van der Waals surface area contributed by atoms with Crippen LogP contribution in [0.1, 0.15) is 35.1 Å². The van der Waals surface area contributed by atoms with Gasteiger partial charge in [0.2, 0.25) is 0 Å². The van der Waals surface area contributed by atoms with E-state index >= 15 is 0 Å². The number of rotatable bonds is 6. The van der Waals surface area contributed by atoms with Crippen LogP contribution in [-0.4, -0.2) is 26.2 Å². The van der Waals surface area contributed by atoms with Gasteiger partial charge in [0.25, 0.3) is 0 Å². The van der Waals surface area contributed by atoms with E-state index < -0.39 is 0 Å². The number of aliphatic imine (C=N–C) groups is 1. The first-order chi connectivity index (χ1) is 12.2. The van der Waals surface area contributed by atoms with Gasteiger partial charge in [0.1, 0.15) is 5.75 Å². The molecule has 2 aromatic carbocycles. The molecule has 4 nitrogen and oxygen atoms in total. The second-order valence-corrected chi connectivity index (χ2v) is 6.49. The number of nitrogens with zero attached hydrogens (tertiary/aromatic N) is 1. The molecule has 2 N–H and O–H groups in total. The van der Waals surface area contributed by atoms with E-state index in [1.165, 1.54) is 16.7 Å². The van der Waals surface area contributed by atoms with Crippen LogP contribution in [0.4, 0.5) is 0 Å². The molecule has 1 aliphatic rings. The Kier molecular flexibility index (Phi) is 5.59. The van der Waals surface area contributed by atoms with Crippen molar-refractivity contribution in [3.05, 3.63) is 64.7 Å². The summed E-state index contributed by atoms with van der Waals surface area (Å²) in [6.45, 7) is 6.51. The van der Waals surface area contributed by atoms with E-state index in [1.807, 2.05) is 0 Å². The van der Waals surface area contributed by atoms with Crippen molar-refractivity contribution in [2.45, 2.75) is 32.7 Å². The first-order valence-electron chi connectivity index (χ1n) is 8.94. The molecule has 0 bridgehead atoms. The quantitative estimate of drug-likeness (QED) is 0.627. The van der Waals surface area contributed by atoms with Gasteiger partial charge in [0.15, 0.2) is 5.96 Å². The van der Waals surface area contributed by atoms with Gasteiger partial charge in [0.05, 0.1) is 13.7 Å². The molecule has 3 rings (SSSR count). The third-order valence-corrected chi connectivity index (χ3v) is 4.67. The Morgan fingerprint density at radius 2 is 2.04 bits per heavy atom. The van der Waals surface area contributed by atoms with Crippen LogP contribution >= 0.6 is 0 Å². The summed E-state index contributed by atoms with van der Waals surface area (Å²) in [4.78, 5) is 4.72. The third-order valence-electron chi connectivity index (χ3n) is 4.67. The molecule has 0 amide bonds. The highest BCUT2D eigenvalue weighted by molar-refractivity contribution is 5.79. The van der Waals surface area contributed by atoms with Gasteiger partial charge in [-0.15, -0.1) is 0 Å². The number of methoxy groups -OCH3 is 1. The number of hydrogen-bond donors (Lipinski definition) is 2. The van der Waals surface area contributed by atoms with E-state index in [-0.39, 0.29) is 0 Å². The number of hydrogen-bond acceptors (Lipinski definition) is 2. The molecular formula is C21H27N3O. The number of nitrogens with one attached hydrogen (secondary N) is 2. The van der Waals surface area contributed by atoms with Gasteiger partial charge in [-0.25, -0.2) is 4.99 Å². The summed E-state index contributed by atoms with van der Waals surface area (Å²) in [7, 11) is 1.71. The summed E-state index contributed by atoms with van der Waals surface area (Å²) in [6.07, 6.45) is 1.15. The molecule has 0 spiro atoms. The highest BCUT2D eigenvalue weighted by atomic mass is 16.5. The van der Waals surface area contributed by atoms with Crippen molar-refractivity contribution in [2.24, 2.45) is 4.99 Å². The maximum atomic E-state index is 5.47. The van der Waals surface area contributed by atoms with Crippen LogP contribution in [-0.2, 0) is 13.0 Å². The SMILES string of the molecule is CCNC(=NCc1ccc(C)cc1OC)NCC1Cc2ccccc21. The summed E-state index contributed by atoms with van der Waals surface area (Å²) in [5.74, 6) is 2.33. The number of guanidine groups is 1. The largest absolute Gasteiger partial charge is 0.496 e. The minimum atomic E-state index is 0.578. The van der Waals surface area contributed by atoms with Crippen molar-refractivity contribution in [3.8, 4) is 5.75 Å². The molecule has 0 saturated carbocycles. The van der Waals surface area contributed by atoms with Crippen LogP contribution in [0.3, 0.4) is 0 Å². The third kappa shape index (κ3) is 4.13. The van der Waals surface area contributed by atoms with Gasteiger partial charge in [-0.3, -0.25) is 0 Å². The molecule has 1 aliphatic carbocycles. The van der Waals surface area contributed by atoms with Gasteiger partial charge in [-0.1, -0.05) is 36.4 Å². The lowest BCUT2D eigenvalue weighted by atomic mass is 9.78. The zero-order chi connectivity index (χ0) is 17.6. The molecule has 1 unspecified atom stereocenters. The van der Waals surface area contributed by atoms with Gasteiger partial charge < -0.3 is 15.4 Å². The fourth-order valence-electron chi connectivity index (χ4n) is 3.25. The first kappa shape index (κ1) is 17.3. The smallest absolute Gasteiger partial charge is 0.191 e. The van der Waals surface area contributed by atoms with Crippen molar-refractivity contribution in [3.63, 3.8) is 0 Å². The van der Waals surface area contributed by atoms with E-state index in [9.17, 15) is 0 Å². The summed E-state index contributed by atoms with van der Waals surface area (Å²) in [5.41, 5.74) is 5.23. The number of aryl methyl sites for hydroxylation is 1. The second kappa shape index (κ2) is 8.06. The maximum absolute atomic E-state index is 5.47. The van der Waals surface area contributed by atoms with E-state index in [0.717, 1.165) is 36.8 Å². The van der Waals surface area contributed by atoms with Crippen LogP contribution in [0.5, 0.6) is 5.75 Å². The Hall–Kier alpha value is -2.49. The molecule has 2 aromatic rings. The van der Waals surface area contributed by atoms with Gasteiger partial charge in [-0.2, -0.15) is 0 Å². The van der Waals surface area contributed by atoms with Crippen molar-refractivity contribution in [2.75, 3.05) is 20.2 Å². The number of benzene rings is 2. The van der Waals surface area contributed by atoms with Crippen molar-refractivity contribution < 1.29 is 4.74 Å². The normalized spacial score (nSPS) is 16.0. The highest BCUT2D eigenvalue weighted by Crippen LogP contribution is 2.33. The summed E-state index contributed by atoms with van der Waals surface area (Å²) >= 11 is 0. The van der Waals surface area contributed by atoms with Crippen molar-refractivity contribution in [1.82, 2.24) is 10.6 Å². The Balaban J connectivity index is 1.62. The molecule has 25 heavy (non-hydrogen) atoms. The molecule has 0 fully saturated rings. The highest BCUT2D eigenvalue weighted by Gasteiger charge is 2.25. The van der Waals surface area contributed by atoms with Gasteiger partial charge in [0, 0.05) is 24.6 Å². The molecule has 0 radical (unpaired) electrons. The van der Waals surface area contributed by atoms with Crippen LogP contribution < -0.4 is 15.4 Å². The standard InChI is InChI=1S/C21H27N3O/c1-4-22-21(23-13-17-10-9-15(2)11-20(17)25-3)24-14-18-12-16-7-5-6-8-19(16)18/h5-11,18H,4,12-14H2,1-3H3,(H2,22,23,24). The van der Waals surface area contributed by atoms with E-state index in [1.54, 1.807) is 7.11 Å². The van der Waals surface area contributed by atoms with Crippen LogP contribution in [0.15, 0.2) is 47.5 Å². The zero-order valence-electron chi connectivity index (χ0n) is 15.3. The Bertz CT molecular complexity index is 755. The summed E-state index contributed by atoms with van der Waals surface area (Å²) in [6, 6.07) is 14.9. The van der Waals surface area contributed by atoms with Crippen molar-refractivity contribution in [1.29, 1.82) is 0 Å². The summed E-state index contributed by atoms with van der Waals surface area (Å²) < 4.78 is 5.47. The zero-order valence-corrected chi connectivity index (χ0v) is 15.3. The Labute approximate surface area is 150 Å². The lowest BCUT2D eigenvalue weighted by molar-refractivity contribution is 0.409. The van der Waals surface area contributed by atoms with E-state index in [0.29, 0.717) is 12.5 Å². The molecule has 0 aliphatic heterocycles. The average Bonchev–Trinajstić information content (AvgIpc) is 2.61. The molecular weight excluding hydrogens is 310 g/mol. The number of ether oxygens (including phenoxy) is 1. The molecule has 0 aromatic heterocycles. The fraction of sp³-hybridized carbons (Fsp3) is 0.381. The second-order valence-electron chi connectivity index (χ2n) is 6.49. The minimum absolute atomic E-state index is 0.578. The molecule has 1 atom stereocenters.